The van der Waals surface area contributed by atoms with Crippen LogP contribution in [0.25, 0.3) is 11.2 Å². The molecule has 0 aliphatic rings. The van der Waals surface area contributed by atoms with Crippen LogP contribution in [0.15, 0.2) is 22.3 Å². The van der Waals surface area contributed by atoms with Crippen LogP contribution in [-0.4, -0.2) is 26.8 Å². The Morgan fingerprint density at radius 2 is 2.33 bits per heavy atom. The molecule has 0 saturated carbocycles. The standard InChI is InChI=1S/C7H6BN4OS2/c1-8-12-3-10-6-5(7(12)13)11-4(15-14)2-9-6/h2-3,14H,1H3. The lowest BCUT2D eigenvalue weighted by Gasteiger charge is -2.01. The summed E-state index contributed by atoms with van der Waals surface area (Å²) in [5.74, 6) is 0. The molecule has 0 fully saturated rings. The molecule has 2 rings (SSSR count). The maximum atomic E-state index is 11.8. The first-order valence-corrected chi connectivity index (χ1v) is 5.98. The largest absolute Gasteiger partial charge is 0.348 e. The minimum atomic E-state index is -0.223. The highest BCUT2D eigenvalue weighted by atomic mass is 33.1. The fourth-order valence-corrected chi connectivity index (χ4v) is 1.62. The van der Waals surface area contributed by atoms with E-state index in [4.69, 9.17) is 0 Å². The van der Waals surface area contributed by atoms with E-state index < -0.39 is 0 Å². The molecule has 75 valence electrons. The first kappa shape index (κ1) is 10.5. The van der Waals surface area contributed by atoms with Crippen molar-refractivity contribution in [3.05, 3.63) is 22.9 Å². The van der Waals surface area contributed by atoms with E-state index in [1.807, 2.05) is 0 Å². The zero-order valence-electron chi connectivity index (χ0n) is 7.78. The monoisotopic (exact) mass is 237 g/mol. The van der Waals surface area contributed by atoms with Gasteiger partial charge >= 0.3 is 0 Å². The molecule has 2 aromatic rings. The summed E-state index contributed by atoms with van der Waals surface area (Å²) in [6.45, 7) is 1.75. The van der Waals surface area contributed by atoms with Gasteiger partial charge in [-0.25, -0.2) is 15.0 Å². The molecule has 0 saturated heterocycles. The van der Waals surface area contributed by atoms with Crippen molar-refractivity contribution in [3.63, 3.8) is 0 Å². The smallest absolute Gasteiger partial charge is 0.269 e. The van der Waals surface area contributed by atoms with Crippen LogP contribution in [0.2, 0.25) is 6.82 Å². The van der Waals surface area contributed by atoms with Gasteiger partial charge in [0.2, 0.25) is 0 Å². The van der Waals surface area contributed by atoms with Crippen molar-refractivity contribution in [2.24, 2.45) is 0 Å². The van der Waals surface area contributed by atoms with Gasteiger partial charge in [-0.1, -0.05) is 6.82 Å². The van der Waals surface area contributed by atoms with Gasteiger partial charge in [0, 0.05) is 0 Å². The minimum absolute atomic E-state index is 0.223. The average Bonchev–Trinajstić information content (AvgIpc) is 2.29. The third-order valence-electron chi connectivity index (χ3n) is 1.84. The Morgan fingerprint density at radius 3 is 3.00 bits per heavy atom. The summed E-state index contributed by atoms with van der Waals surface area (Å²) in [6, 6.07) is 0. The Kier molecular flexibility index (Phi) is 2.97. The molecule has 0 spiro atoms. The van der Waals surface area contributed by atoms with Gasteiger partial charge in [0.15, 0.2) is 11.2 Å². The lowest BCUT2D eigenvalue weighted by molar-refractivity contribution is 1.00. The quantitative estimate of drug-likeness (QED) is 0.471. The first-order chi connectivity index (χ1) is 7.26. The molecule has 5 nitrogen and oxygen atoms in total. The van der Waals surface area contributed by atoms with Crippen LogP contribution in [0, 0.1) is 0 Å². The van der Waals surface area contributed by atoms with Gasteiger partial charge in [-0.2, -0.15) is 0 Å². The number of aromatic nitrogens is 4. The Balaban J connectivity index is 2.78. The number of hydrogen-bond acceptors (Lipinski definition) is 6. The van der Waals surface area contributed by atoms with Crippen molar-refractivity contribution in [2.45, 2.75) is 11.8 Å². The van der Waals surface area contributed by atoms with Gasteiger partial charge in [-0.3, -0.25) is 4.79 Å². The Labute approximate surface area is 95.4 Å². The van der Waals surface area contributed by atoms with Crippen LogP contribution in [0.3, 0.4) is 0 Å². The van der Waals surface area contributed by atoms with Crippen molar-refractivity contribution >= 4 is 41.0 Å². The van der Waals surface area contributed by atoms with E-state index in [1.54, 1.807) is 14.2 Å². The zero-order valence-corrected chi connectivity index (χ0v) is 9.50. The molecule has 0 atom stereocenters. The molecule has 0 aromatic carbocycles. The maximum Gasteiger partial charge on any atom is 0.269 e. The van der Waals surface area contributed by atoms with Crippen LogP contribution in [0.5, 0.6) is 0 Å². The van der Waals surface area contributed by atoms with Gasteiger partial charge in [0.1, 0.15) is 5.03 Å². The molecule has 15 heavy (non-hydrogen) atoms. The highest BCUT2D eigenvalue weighted by Crippen LogP contribution is 2.18. The molecule has 0 amide bonds. The molecule has 8 heteroatoms. The van der Waals surface area contributed by atoms with Crippen LogP contribution in [0.4, 0.5) is 0 Å². The van der Waals surface area contributed by atoms with Gasteiger partial charge in [-0.05, 0) is 10.8 Å². The summed E-state index contributed by atoms with van der Waals surface area (Å²) in [4.78, 5) is 23.9. The molecule has 2 heterocycles. The van der Waals surface area contributed by atoms with E-state index in [1.165, 1.54) is 17.0 Å². The predicted octanol–water partition coefficient (Wildman–Crippen LogP) is 0.639. The van der Waals surface area contributed by atoms with Crippen molar-refractivity contribution < 1.29 is 0 Å². The van der Waals surface area contributed by atoms with E-state index >= 15 is 0 Å². The van der Waals surface area contributed by atoms with Gasteiger partial charge in [-0.15, -0.1) is 11.7 Å². The van der Waals surface area contributed by atoms with Crippen molar-refractivity contribution in [2.75, 3.05) is 0 Å². The third-order valence-corrected chi connectivity index (χ3v) is 2.79. The lowest BCUT2D eigenvalue weighted by Crippen LogP contribution is -2.24. The number of thiol groups is 1. The molecule has 0 bridgehead atoms. The normalized spacial score (nSPS) is 10.5. The van der Waals surface area contributed by atoms with Crippen molar-refractivity contribution in [1.82, 2.24) is 19.4 Å². The van der Waals surface area contributed by atoms with E-state index in [9.17, 15) is 4.79 Å². The molecule has 0 unspecified atom stereocenters. The summed E-state index contributed by atoms with van der Waals surface area (Å²) in [7, 11) is 2.76. The van der Waals surface area contributed by atoms with Crippen molar-refractivity contribution in [3.8, 4) is 0 Å². The highest BCUT2D eigenvalue weighted by molar-refractivity contribution is 8.68. The number of rotatable bonds is 2. The molecule has 0 aliphatic heterocycles. The van der Waals surface area contributed by atoms with Crippen LogP contribution >= 0.6 is 22.5 Å². The second kappa shape index (κ2) is 4.24. The topological polar surface area (TPSA) is 60.7 Å². The zero-order chi connectivity index (χ0) is 10.8. The van der Waals surface area contributed by atoms with Gasteiger partial charge in [0.05, 0.1) is 12.5 Å². The summed E-state index contributed by atoms with van der Waals surface area (Å²) < 4.78 is 1.37. The van der Waals surface area contributed by atoms with E-state index in [2.05, 4.69) is 26.6 Å². The Hall–Kier alpha value is -1.02. The highest BCUT2D eigenvalue weighted by Gasteiger charge is 2.06. The lowest BCUT2D eigenvalue weighted by atomic mass is 10.00. The molecular formula is C7H6BN4OS2. The molecule has 2 aromatic heterocycles. The Bertz CT molecular complexity index is 553. The average molecular weight is 237 g/mol. The number of fused-ring (bicyclic) bond motifs is 1. The second-order valence-electron chi connectivity index (χ2n) is 2.69. The summed E-state index contributed by atoms with van der Waals surface area (Å²) in [5, 5.41) is 0.582. The first-order valence-electron chi connectivity index (χ1n) is 4.11. The van der Waals surface area contributed by atoms with Crippen LogP contribution in [-0.2, 0) is 0 Å². The van der Waals surface area contributed by atoms with E-state index in [0.717, 1.165) is 10.8 Å². The van der Waals surface area contributed by atoms with E-state index in [0.29, 0.717) is 10.7 Å². The fraction of sp³-hybridized carbons (Fsp3) is 0.143. The van der Waals surface area contributed by atoms with Gasteiger partial charge in [0.25, 0.3) is 13.0 Å². The summed E-state index contributed by atoms with van der Waals surface area (Å²) in [5.41, 5.74) is 0.387. The number of hydrogen-bond donors (Lipinski definition) is 1. The van der Waals surface area contributed by atoms with Crippen LogP contribution < -0.4 is 5.56 Å². The van der Waals surface area contributed by atoms with Gasteiger partial charge < -0.3 is 4.48 Å². The number of nitrogens with zero attached hydrogens (tertiary/aromatic N) is 4. The molecule has 1 radical (unpaired) electrons. The van der Waals surface area contributed by atoms with Crippen molar-refractivity contribution in [1.29, 1.82) is 0 Å². The molecule has 0 aliphatic carbocycles. The Morgan fingerprint density at radius 1 is 1.53 bits per heavy atom. The molecule has 0 N–H and O–H groups in total. The second-order valence-corrected chi connectivity index (χ2v) is 3.84. The minimum Gasteiger partial charge on any atom is -0.348 e. The summed E-state index contributed by atoms with van der Waals surface area (Å²) in [6.07, 6.45) is 2.96. The van der Waals surface area contributed by atoms with E-state index in [-0.39, 0.29) is 11.1 Å². The van der Waals surface area contributed by atoms with Crippen LogP contribution in [0.1, 0.15) is 0 Å². The predicted molar refractivity (Wildman–Crippen MR) is 63.5 cm³/mol. The fourth-order valence-electron chi connectivity index (χ4n) is 1.12. The molecular weight excluding hydrogens is 231 g/mol. The third kappa shape index (κ3) is 1.87. The summed E-state index contributed by atoms with van der Waals surface area (Å²) >= 11 is 4.00. The maximum absolute atomic E-state index is 11.8. The SMILES string of the molecule is C[B]n1cnc2ncc(SS)nc2c1=O.